The average molecular weight is 236 g/mol. The van der Waals surface area contributed by atoms with Crippen LogP contribution in [0.4, 0.5) is 0 Å². The van der Waals surface area contributed by atoms with E-state index in [1.54, 1.807) is 0 Å². The molecule has 0 aliphatic heterocycles. The Morgan fingerprint density at radius 1 is 1.35 bits per heavy atom. The number of amidine groups is 1. The van der Waals surface area contributed by atoms with E-state index >= 15 is 0 Å². The van der Waals surface area contributed by atoms with Gasteiger partial charge in [0.25, 0.3) is 0 Å². The van der Waals surface area contributed by atoms with Crippen molar-refractivity contribution in [3.63, 3.8) is 0 Å². The summed E-state index contributed by atoms with van der Waals surface area (Å²) in [7, 11) is 0. The third-order valence-corrected chi connectivity index (χ3v) is 2.49. The monoisotopic (exact) mass is 236 g/mol. The quantitative estimate of drug-likeness (QED) is 0.357. The van der Waals surface area contributed by atoms with Crippen LogP contribution in [-0.4, -0.2) is 17.1 Å². The van der Waals surface area contributed by atoms with E-state index in [2.05, 4.69) is 25.1 Å². The molecule has 0 aromatic heterocycles. The minimum atomic E-state index is -0.120. The fraction of sp³-hybridized carbons (Fsp3) is 0.462. The predicted molar refractivity (Wildman–Crippen MR) is 68.6 cm³/mol. The second kappa shape index (κ2) is 6.13. The van der Waals surface area contributed by atoms with Crippen molar-refractivity contribution in [3.05, 3.63) is 29.8 Å². The lowest BCUT2D eigenvalue weighted by molar-refractivity contribution is 0.223. The molecule has 0 aliphatic rings. The van der Waals surface area contributed by atoms with E-state index in [1.165, 1.54) is 5.56 Å². The lowest BCUT2D eigenvalue weighted by atomic mass is 10.0. The highest BCUT2D eigenvalue weighted by atomic mass is 16.5. The van der Waals surface area contributed by atoms with Crippen molar-refractivity contribution < 1.29 is 9.94 Å². The van der Waals surface area contributed by atoms with Crippen molar-refractivity contribution in [2.24, 2.45) is 10.9 Å². The molecule has 4 nitrogen and oxygen atoms in total. The van der Waals surface area contributed by atoms with Gasteiger partial charge in [0.05, 0.1) is 0 Å². The summed E-state index contributed by atoms with van der Waals surface area (Å²) in [6.45, 7) is 6.14. The molecule has 1 aromatic carbocycles. The minimum absolute atomic E-state index is 0.120. The Morgan fingerprint density at radius 2 is 2.00 bits per heavy atom. The number of para-hydroxylation sites is 1. The van der Waals surface area contributed by atoms with Crippen LogP contribution in [0.1, 0.15) is 38.7 Å². The minimum Gasteiger partial charge on any atom is -0.490 e. The summed E-state index contributed by atoms with van der Waals surface area (Å²) in [6, 6.07) is 7.93. The molecular formula is C13H20N2O2. The van der Waals surface area contributed by atoms with E-state index in [1.807, 2.05) is 25.1 Å². The summed E-state index contributed by atoms with van der Waals surface area (Å²) < 4.78 is 5.81. The van der Waals surface area contributed by atoms with Crippen molar-refractivity contribution in [1.29, 1.82) is 0 Å². The number of oxime groups is 1. The maximum Gasteiger partial charge on any atom is 0.142 e. The van der Waals surface area contributed by atoms with E-state index in [-0.39, 0.29) is 11.9 Å². The highest BCUT2D eigenvalue weighted by molar-refractivity contribution is 5.80. The van der Waals surface area contributed by atoms with Gasteiger partial charge < -0.3 is 15.7 Å². The van der Waals surface area contributed by atoms with Crippen LogP contribution in [-0.2, 0) is 0 Å². The molecule has 0 amide bonds. The van der Waals surface area contributed by atoms with Crippen molar-refractivity contribution in [3.8, 4) is 5.75 Å². The number of nitrogens with two attached hydrogens (primary N) is 1. The number of nitrogens with zero attached hydrogens (tertiary/aromatic N) is 1. The van der Waals surface area contributed by atoms with Crippen molar-refractivity contribution in [2.75, 3.05) is 0 Å². The third-order valence-electron chi connectivity index (χ3n) is 2.49. The molecule has 1 aromatic rings. The molecule has 1 atom stereocenters. The molecular weight excluding hydrogens is 216 g/mol. The van der Waals surface area contributed by atoms with Gasteiger partial charge in [0.2, 0.25) is 0 Å². The second-order valence-electron chi connectivity index (χ2n) is 4.42. The summed E-state index contributed by atoms with van der Waals surface area (Å²) in [6.07, 6.45) is 0.286. The Kier molecular flexibility index (Phi) is 4.82. The summed E-state index contributed by atoms with van der Waals surface area (Å²) in [4.78, 5) is 0. The molecule has 0 fully saturated rings. The Hall–Kier alpha value is -1.71. The second-order valence-corrected chi connectivity index (χ2v) is 4.42. The fourth-order valence-corrected chi connectivity index (χ4v) is 1.66. The zero-order valence-corrected chi connectivity index (χ0v) is 10.6. The number of ether oxygens (including phenoxy) is 1. The fourth-order valence-electron chi connectivity index (χ4n) is 1.66. The van der Waals surface area contributed by atoms with Crippen molar-refractivity contribution >= 4 is 5.84 Å². The molecule has 0 saturated carbocycles. The van der Waals surface area contributed by atoms with Crippen LogP contribution in [0.25, 0.3) is 0 Å². The van der Waals surface area contributed by atoms with E-state index in [0.717, 1.165) is 5.75 Å². The van der Waals surface area contributed by atoms with Crippen LogP contribution >= 0.6 is 0 Å². The molecule has 0 heterocycles. The number of hydrogen-bond acceptors (Lipinski definition) is 3. The van der Waals surface area contributed by atoms with Gasteiger partial charge >= 0.3 is 0 Å². The molecule has 1 unspecified atom stereocenters. The van der Waals surface area contributed by atoms with Crippen molar-refractivity contribution in [1.82, 2.24) is 0 Å². The first-order valence-electron chi connectivity index (χ1n) is 5.76. The van der Waals surface area contributed by atoms with Gasteiger partial charge in [0.15, 0.2) is 0 Å². The molecule has 94 valence electrons. The summed E-state index contributed by atoms with van der Waals surface area (Å²) >= 11 is 0. The van der Waals surface area contributed by atoms with Gasteiger partial charge in [0, 0.05) is 6.42 Å². The molecule has 3 N–H and O–H groups in total. The molecule has 17 heavy (non-hydrogen) atoms. The molecule has 0 saturated heterocycles. The first kappa shape index (κ1) is 13.4. The SMILES string of the molecule is CC(CC(N)=NO)Oc1ccccc1C(C)C. The maximum atomic E-state index is 8.50. The summed E-state index contributed by atoms with van der Waals surface area (Å²) in [5.74, 6) is 1.45. The largest absolute Gasteiger partial charge is 0.490 e. The lowest BCUT2D eigenvalue weighted by Gasteiger charge is -2.18. The lowest BCUT2D eigenvalue weighted by Crippen LogP contribution is -2.23. The summed E-state index contributed by atoms with van der Waals surface area (Å²) in [5.41, 5.74) is 6.61. The zero-order valence-electron chi connectivity index (χ0n) is 10.6. The van der Waals surface area contributed by atoms with Crippen LogP contribution in [0, 0.1) is 0 Å². The molecule has 0 radical (unpaired) electrons. The van der Waals surface area contributed by atoms with Gasteiger partial charge in [-0.15, -0.1) is 0 Å². The molecule has 0 aliphatic carbocycles. The molecule has 0 bridgehead atoms. The Bertz CT molecular complexity index is 389. The van der Waals surface area contributed by atoms with Crippen LogP contribution in [0.5, 0.6) is 5.75 Å². The van der Waals surface area contributed by atoms with Crippen LogP contribution in [0.3, 0.4) is 0 Å². The van der Waals surface area contributed by atoms with Gasteiger partial charge in [-0.3, -0.25) is 0 Å². The Morgan fingerprint density at radius 3 is 2.59 bits per heavy atom. The average Bonchev–Trinajstić information content (AvgIpc) is 2.29. The smallest absolute Gasteiger partial charge is 0.142 e. The first-order valence-corrected chi connectivity index (χ1v) is 5.76. The normalized spacial score (nSPS) is 13.8. The summed E-state index contributed by atoms with van der Waals surface area (Å²) in [5, 5.41) is 11.4. The topological polar surface area (TPSA) is 67.8 Å². The van der Waals surface area contributed by atoms with E-state index in [9.17, 15) is 0 Å². The maximum absolute atomic E-state index is 8.50. The van der Waals surface area contributed by atoms with Gasteiger partial charge in [0.1, 0.15) is 17.7 Å². The van der Waals surface area contributed by atoms with Gasteiger partial charge in [-0.25, -0.2) is 0 Å². The zero-order chi connectivity index (χ0) is 12.8. The third kappa shape index (κ3) is 3.98. The van der Waals surface area contributed by atoms with E-state index < -0.39 is 0 Å². The molecule has 0 spiro atoms. The van der Waals surface area contributed by atoms with Crippen LogP contribution in [0.15, 0.2) is 29.4 Å². The predicted octanol–water partition coefficient (Wildman–Crippen LogP) is 2.71. The first-order chi connectivity index (χ1) is 8.04. The standard InChI is InChI=1S/C13H20N2O2/c1-9(2)11-6-4-5-7-12(11)17-10(3)8-13(14)15-16/h4-7,9-10,16H,8H2,1-3H3,(H2,14,15). The molecule has 4 heteroatoms. The Balaban J connectivity index is 2.74. The molecule has 1 rings (SSSR count). The number of hydrogen-bond donors (Lipinski definition) is 2. The Labute approximate surface area is 102 Å². The van der Waals surface area contributed by atoms with Gasteiger partial charge in [-0.05, 0) is 24.5 Å². The van der Waals surface area contributed by atoms with E-state index in [4.69, 9.17) is 15.7 Å². The van der Waals surface area contributed by atoms with E-state index in [0.29, 0.717) is 12.3 Å². The highest BCUT2D eigenvalue weighted by Gasteiger charge is 2.11. The van der Waals surface area contributed by atoms with Crippen LogP contribution < -0.4 is 10.5 Å². The van der Waals surface area contributed by atoms with Gasteiger partial charge in [-0.1, -0.05) is 37.2 Å². The van der Waals surface area contributed by atoms with Crippen molar-refractivity contribution in [2.45, 2.75) is 39.2 Å². The van der Waals surface area contributed by atoms with Gasteiger partial charge in [-0.2, -0.15) is 0 Å². The number of rotatable bonds is 5. The highest BCUT2D eigenvalue weighted by Crippen LogP contribution is 2.26. The number of benzene rings is 1. The van der Waals surface area contributed by atoms with Crippen LogP contribution in [0.2, 0.25) is 0 Å².